The van der Waals surface area contributed by atoms with Crippen LogP contribution in [0.25, 0.3) is 12.2 Å². The van der Waals surface area contributed by atoms with Gasteiger partial charge in [-0.2, -0.15) is 0 Å². The Morgan fingerprint density at radius 2 is 1.71 bits per heavy atom. The summed E-state index contributed by atoms with van der Waals surface area (Å²) in [6.45, 7) is 7.82. The van der Waals surface area contributed by atoms with Crippen molar-refractivity contribution in [2.75, 3.05) is 13.1 Å². The first-order chi connectivity index (χ1) is 10.3. The van der Waals surface area contributed by atoms with Gasteiger partial charge >= 0.3 is 0 Å². The Kier molecular flexibility index (Phi) is 5.99. The highest BCUT2D eigenvalue weighted by molar-refractivity contribution is 5.71. The van der Waals surface area contributed by atoms with Gasteiger partial charge in [0.15, 0.2) is 0 Å². The van der Waals surface area contributed by atoms with Crippen molar-refractivity contribution in [1.82, 2.24) is 5.32 Å². The number of benzene rings is 2. The van der Waals surface area contributed by atoms with Crippen molar-refractivity contribution in [3.05, 3.63) is 83.4 Å². The number of hydrogen-bond acceptors (Lipinski definition) is 1. The van der Waals surface area contributed by atoms with Crippen LogP contribution in [0.5, 0.6) is 0 Å². The largest absolute Gasteiger partial charge is 0.313 e. The summed E-state index contributed by atoms with van der Waals surface area (Å²) >= 11 is 0. The van der Waals surface area contributed by atoms with Gasteiger partial charge in [0.2, 0.25) is 0 Å². The zero-order valence-electron chi connectivity index (χ0n) is 12.7. The SMILES string of the molecule is C=C(C)CNCCc1ccccc1/C=C/c1ccccc1. The van der Waals surface area contributed by atoms with E-state index in [1.54, 1.807) is 0 Å². The second-order valence-corrected chi connectivity index (χ2v) is 5.33. The highest BCUT2D eigenvalue weighted by Gasteiger charge is 1.98. The average Bonchev–Trinajstić information content (AvgIpc) is 2.51. The predicted octanol–water partition coefficient (Wildman–Crippen LogP) is 4.57. The third-order valence-corrected chi connectivity index (χ3v) is 3.31. The minimum Gasteiger partial charge on any atom is -0.313 e. The van der Waals surface area contributed by atoms with Gasteiger partial charge in [0.05, 0.1) is 0 Å². The van der Waals surface area contributed by atoms with E-state index >= 15 is 0 Å². The van der Waals surface area contributed by atoms with Gasteiger partial charge in [-0.15, -0.1) is 0 Å². The lowest BCUT2D eigenvalue weighted by atomic mass is 10.0. The van der Waals surface area contributed by atoms with Crippen LogP contribution in [-0.2, 0) is 6.42 Å². The molecule has 0 saturated heterocycles. The first kappa shape index (κ1) is 15.3. The van der Waals surface area contributed by atoms with Crippen LogP contribution in [0.2, 0.25) is 0 Å². The predicted molar refractivity (Wildman–Crippen MR) is 93.2 cm³/mol. The first-order valence-corrected chi connectivity index (χ1v) is 7.42. The zero-order valence-corrected chi connectivity index (χ0v) is 12.7. The van der Waals surface area contributed by atoms with Gasteiger partial charge in [-0.3, -0.25) is 0 Å². The molecular weight excluding hydrogens is 254 g/mol. The van der Waals surface area contributed by atoms with Gasteiger partial charge in [-0.05, 0) is 36.6 Å². The summed E-state index contributed by atoms with van der Waals surface area (Å²) in [7, 11) is 0. The van der Waals surface area contributed by atoms with Crippen LogP contribution in [-0.4, -0.2) is 13.1 Å². The minimum atomic E-state index is 0.891. The Hall–Kier alpha value is -2.12. The van der Waals surface area contributed by atoms with Crippen LogP contribution < -0.4 is 5.32 Å². The maximum absolute atomic E-state index is 3.91. The fraction of sp³-hybridized carbons (Fsp3) is 0.200. The van der Waals surface area contributed by atoms with E-state index in [1.165, 1.54) is 22.3 Å². The van der Waals surface area contributed by atoms with Crippen molar-refractivity contribution in [2.24, 2.45) is 0 Å². The minimum absolute atomic E-state index is 0.891. The van der Waals surface area contributed by atoms with E-state index in [1.807, 2.05) is 13.0 Å². The van der Waals surface area contributed by atoms with E-state index < -0.39 is 0 Å². The summed E-state index contributed by atoms with van der Waals surface area (Å²) in [6.07, 6.45) is 5.39. The molecule has 0 saturated carbocycles. The summed E-state index contributed by atoms with van der Waals surface area (Å²) in [5.41, 5.74) is 5.07. The lowest BCUT2D eigenvalue weighted by Gasteiger charge is -2.07. The average molecular weight is 277 g/mol. The maximum atomic E-state index is 3.91. The Balaban J connectivity index is 2.00. The molecule has 1 heteroatoms. The number of hydrogen-bond donors (Lipinski definition) is 1. The van der Waals surface area contributed by atoms with Gasteiger partial charge in [-0.1, -0.05) is 78.9 Å². The lowest BCUT2D eigenvalue weighted by molar-refractivity contribution is 0.728. The Morgan fingerprint density at radius 1 is 1.00 bits per heavy atom. The van der Waals surface area contributed by atoms with Crippen LogP contribution in [0.3, 0.4) is 0 Å². The molecule has 0 heterocycles. The fourth-order valence-corrected chi connectivity index (χ4v) is 2.20. The molecule has 0 radical (unpaired) electrons. The van der Waals surface area contributed by atoms with Crippen molar-refractivity contribution >= 4 is 12.2 Å². The summed E-state index contributed by atoms with van der Waals surface area (Å²) in [6, 6.07) is 19.0. The second kappa shape index (κ2) is 8.23. The van der Waals surface area contributed by atoms with E-state index in [9.17, 15) is 0 Å². The molecule has 2 aromatic carbocycles. The van der Waals surface area contributed by atoms with E-state index in [2.05, 4.69) is 72.6 Å². The molecule has 1 nitrogen and oxygen atoms in total. The molecule has 0 aliphatic carbocycles. The quantitative estimate of drug-likeness (QED) is 0.444. The molecular formula is C20H23N. The van der Waals surface area contributed by atoms with Gasteiger partial charge in [-0.25, -0.2) is 0 Å². The molecule has 0 unspecified atom stereocenters. The lowest BCUT2D eigenvalue weighted by Crippen LogP contribution is -2.19. The van der Waals surface area contributed by atoms with E-state index in [-0.39, 0.29) is 0 Å². The molecule has 2 aromatic rings. The topological polar surface area (TPSA) is 12.0 Å². The monoisotopic (exact) mass is 277 g/mol. The van der Waals surface area contributed by atoms with Crippen LogP contribution in [0.4, 0.5) is 0 Å². The van der Waals surface area contributed by atoms with Crippen molar-refractivity contribution in [1.29, 1.82) is 0 Å². The Morgan fingerprint density at radius 3 is 2.48 bits per heavy atom. The summed E-state index contributed by atoms with van der Waals surface area (Å²) in [4.78, 5) is 0. The van der Waals surface area contributed by atoms with Gasteiger partial charge in [0.25, 0.3) is 0 Å². The molecule has 0 spiro atoms. The fourth-order valence-electron chi connectivity index (χ4n) is 2.20. The number of nitrogens with one attached hydrogen (secondary N) is 1. The second-order valence-electron chi connectivity index (χ2n) is 5.33. The van der Waals surface area contributed by atoms with Crippen LogP contribution in [0, 0.1) is 0 Å². The van der Waals surface area contributed by atoms with Crippen molar-refractivity contribution in [2.45, 2.75) is 13.3 Å². The summed E-state index contributed by atoms with van der Waals surface area (Å²) < 4.78 is 0. The van der Waals surface area contributed by atoms with Crippen LogP contribution in [0.1, 0.15) is 23.6 Å². The summed E-state index contributed by atoms with van der Waals surface area (Å²) in [5, 5.41) is 3.41. The van der Waals surface area contributed by atoms with Crippen LogP contribution in [0.15, 0.2) is 66.7 Å². The molecule has 0 aliphatic rings. The van der Waals surface area contributed by atoms with Gasteiger partial charge < -0.3 is 5.32 Å². The van der Waals surface area contributed by atoms with Crippen LogP contribution >= 0.6 is 0 Å². The highest BCUT2D eigenvalue weighted by Crippen LogP contribution is 2.13. The van der Waals surface area contributed by atoms with E-state index in [4.69, 9.17) is 0 Å². The first-order valence-electron chi connectivity index (χ1n) is 7.42. The number of rotatable bonds is 7. The molecule has 0 aliphatic heterocycles. The normalized spacial score (nSPS) is 10.9. The third-order valence-electron chi connectivity index (χ3n) is 3.31. The van der Waals surface area contributed by atoms with Crippen molar-refractivity contribution in [3.63, 3.8) is 0 Å². The molecule has 21 heavy (non-hydrogen) atoms. The zero-order chi connectivity index (χ0) is 14.9. The molecule has 0 aromatic heterocycles. The highest BCUT2D eigenvalue weighted by atomic mass is 14.8. The molecule has 0 amide bonds. The Labute approximate surface area is 128 Å². The van der Waals surface area contributed by atoms with Gasteiger partial charge in [0.1, 0.15) is 0 Å². The molecule has 108 valence electrons. The maximum Gasteiger partial charge on any atom is 0.0159 e. The van der Waals surface area contributed by atoms with Crippen molar-refractivity contribution < 1.29 is 0 Å². The van der Waals surface area contributed by atoms with E-state index in [0.29, 0.717) is 0 Å². The smallest absolute Gasteiger partial charge is 0.0159 e. The molecule has 1 N–H and O–H groups in total. The Bertz CT molecular complexity index is 596. The molecule has 0 atom stereocenters. The van der Waals surface area contributed by atoms with Crippen molar-refractivity contribution in [3.8, 4) is 0 Å². The standard InChI is InChI=1S/C20H23N/c1-17(2)16-21-15-14-20-11-7-6-10-19(20)13-12-18-8-4-3-5-9-18/h3-13,21H,1,14-16H2,2H3/b13-12+. The summed E-state index contributed by atoms with van der Waals surface area (Å²) in [5.74, 6) is 0. The molecule has 0 fully saturated rings. The molecule has 0 bridgehead atoms. The van der Waals surface area contributed by atoms with E-state index in [0.717, 1.165) is 19.5 Å². The third kappa shape index (κ3) is 5.41. The molecule has 2 rings (SSSR count). The van der Waals surface area contributed by atoms with Gasteiger partial charge in [0, 0.05) is 6.54 Å².